The summed E-state index contributed by atoms with van der Waals surface area (Å²) in [7, 11) is 0. The maximum Gasteiger partial charge on any atom is 0.0555 e. The smallest absolute Gasteiger partial charge is 0.0555 e. The lowest BCUT2D eigenvalue weighted by molar-refractivity contribution is 1.32. The third-order valence-electron chi connectivity index (χ3n) is 10.1. The Morgan fingerprint density at radius 2 is 0.920 bits per heavy atom. The molecule has 0 unspecified atom stereocenters. The first-order valence-electron chi connectivity index (χ1n) is 17.1. The van der Waals surface area contributed by atoms with Crippen molar-refractivity contribution in [2.75, 3.05) is 4.90 Å². The molecule has 0 aliphatic heterocycles. The van der Waals surface area contributed by atoms with Gasteiger partial charge in [-0.2, -0.15) is 0 Å². The molecule has 0 atom stereocenters. The van der Waals surface area contributed by atoms with Crippen LogP contribution in [0, 0.1) is 0 Å². The van der Waals surface area contributed by atoms with Crippen molar-refractivity contribution >= 4 is 80.9 Å². The van der Waals surface area contributed by atoms with Gasteiger partial charge < -0.3 is 4.90 Å². The van der Waals surface area contributed by atoms with E-state index in [1.54, 1.807) is 0 Å². The highest BCUT2D eigenvalue weighted by atomic mass is 32.1. The van der Waals surface area contributed by atoms with Gasteiger partial charge >= 0.3 is 0 Å². The molecule has 234 valence electrons. The van der Waals surface area contributed by atoms with E-state index in [9.17, 15) is 0 Å². The van der Waals surface area contributed by atoms with Crippen LogP contribution in [0.1, 0.15) is 0 Å². The molecule has 0 saturated carbocycles. The number of nitrogens with zero attached hydrogens (tertiary/aromatic N) is 1. The monoisotopic (exact) mass is 653 g/mol. The molecule has 2 heteroatoms. The molecule has 10 aromatic rings. The molecule has 0 bridgehead atoms. The Hall–Kier alpha value is -6.22. The van der Waals surface area contributed by atoms with Gasteiger partial charge in [-0.05, 0) is 85.6 Å². The molecule has 0 fully saturated rings. The van der Waals surface area contributed by atoms with E-state index < -0.39 is 0 Å². The zero-order valence-corrected chi connectivity index (χ0v) is 28.1. The molecule has 50 heavy (non-hydrogen) atoms. The summed E-state index contributed by atoms with van der Waals surface area (Å²) in [5, 5.41) is 10.1. The first-order chi connectivity index (χ1) is 24.8. The summed E-state index contributed by atoms with van der Waals surface area (Å²) in [6.45, 7) is 0. The summed E-state index contributed by atoms with van der Waals surface area (Å²) >= 11 is 1.86. The number of thiophene rings is 1. The lowest BCUT2D eigenvalue weighted by atomic mass is 9.91. The van der Waals surface area contributed by atoms with Crippen molar-refractivity contribution < 1.29 is 0 Å². The van der Waals surface area contributed by atoms with Crippen LogP contribution < -0.4 is 4.90 Å². The van der Waals surface area contributed by atoms with Crippen LogP contribution in [0.15, 0.2) is 188 Å². The van der Waals surface area contributed by atoms with E-state index in [0.29, 0.717) is 0 Å². The van der Waals surface area contributed by atoms with Gasteiger partial charge in [-0.15, -0.1) is 11.3 Å². The van der Waals surface area contributed by atoms with Gasteiger partial charge in [0.25, 0.3) is 0 Å². The van der Waals surface area contributed by atoms with E-state index in [2.05, 4.69) is 193 Å². The van der Waals surface area contributed by atoms with Gasteiger partial charge in [-0.25, -0.2) is 0 Å². The Balaban J connectivity index is 1.20. The molecule has 0 radical (unpaired) electrons. The number of benzene rings is 9. The molecule has 9 aromatic carbocycles. The molecule has 0 N–H and O–H groups in total. The molecule has 0 aliphatic rings. The average Bonchev–Trinajstić information content (AvgIpc) is 3.58. The highest BCUT2D eigenvalue weighted by Crippen LogP contribution is 2.48. The van der Waals surface area contributed by atoms with E-state index in [-0.39, 0.29) is 0 Å². The van der Waals surface area contributed by atoms with Crippen LogP contribution in [-0.2, 0) is 0 Å². The summed E-state index contributed by atoms with van der Waals surface area (Å²) in [6, 6.07) is 68.7. The first kappa shape index (κ1) is 28.8. The summed E-state index contributed by atoms with van der Waals surface area (Å²) in [4.78, 5) is 2.48. The SMILES string of the molecule is c1ccc(-c2cccc3ccccc23)c(-c2ccc(N(c3cc4ccccc4c4ccccc34)c3cccc4sc5ccccc5c34)cc2)c1. The summed E-state index contributed by atoms with van der Waals surface area (Å²) < 4.78 is 2.60. The minimum atomic E-state index is 1.12. The fraction of sp³-hybridized carbons (Fsp3) is 0. The standard InChI is InChI=1S/C48H31NS/c1-3-16-36-32(13-1)15-11-23-40(36)39-19-6-5-17-37(39)33-27-29-35(30-28-33)49(44-24-12-26-47-48(44)43-22-9-10-25-46(43)50-47)45-31-34-14-2-4-18-38(34)41-20-7-8-21-42(41)45/h1-31H. The molecule has 0 aliphatic carbocycles. The Morgan fingerprint density at radius 1 is 0.340 bits per heavy atom. The van der Waals surface area contributed by atoms with E-state index in [1.807, 2.05) is 11.3 Å². The molecule has 10 rings (SSSR count). The van der Waals surface area contributed by atoms with Gasteiger partial charge in [-0.1, -0.05) is 152 Å². The van der Waals surface area contributed by atoms with Crippen molar-refractivity contribution in [2.45, 2.75) is 0 Å². The van der Waals surface area contributed by atoms with Crippen LogP contribution in [0.3, 0.4) is 0 Å². The Kier molecular flexibility index (Phi) is 6.75. The molecular weight excluding hydrogens is 623 g/mol. The van der Waals surface area contributed by atoms with Gasteiger partial charge in [0.05, 0.1) is 11.4 Å². The predicted molar refractivity (Wildman–Crippen MR) is 217 cm³/mol. The molecule has 1 aromatic heterocycles. The maximum absolute atomic E-state index is 2.48. The van der Waals surface area contributed by atoms with Gasteiger partial charge in [-0.3, -0.25) is 0 Å². The topological polar surface area (TPSA) is 3.24 Å². The van der Waals surface area contributed by atoms with Crippen molar-refractivity contribution in [1.82, 2.24) is 0 Å². The fourth-order valence-corrected chi connectivity index (χ4v) is 8.92. The van der Waals surface area contributed by atoms with Crippen LogP contribution in [0.25, 0.3) is 74.7 Å². The largest absolute Gasteiger partial charge is 0.309 e. The van der Waals surface area contributed by atoms with E-state index in [0.717, 1.165) is 5.69 Å². The normalized spacial score (nSPS) is 11.6. The van der Waals surface area contributed by atoms with Crippen molar-refractivity contribution in [3.8, 4) is 22.3 Å². The lowest BCUT2D eigenvalue weighted by Crippen LogP contribution is -2.11. The Morgan fingerprint density at radius 3 is 1.76 bits per heavy atom. The molecule has 0 spiro atoms. The number of hydrogen-bond donors (Lipinski definition) is 0. The molecule has 1 heterocycles. The number of rotatable bonds is 5. The van der Waals surface area contributed by atoms with Crippen molar-refractivity contribution in [1.29, 1.82) is 0 Å². The zero-order chi connectivity index (χ0) is 33.0. The van der Waals surface area contributed by atoms with Crippen LogP contribution in [0.5, 0.6) is 0 Å². The third-order valence-corrected chi connectivity index (χ3v) is 11.2. The summed E-state index contributed by atoms with van der Waals surface area (Å²) in [6.07, 6.45) is 0. The lowest BCUT2D eigenvalue weighted by Gasteiger charge is -2.28. The van der Waals surface area contributed by atoms with Crippen LogP contribution >= 0.6 is 11.3 Å². The van der Waals surface area contributed by atoms with Crippen LogP contribution in [-0.4, -0.2) is 0 Å². The fourth-order valence-electron chi connectivity index (χ4n) is 7.79. The number of anilines is 3. The Labute approximate surface area is 294 Å². The molecule has 0 amide bonds. The summed E-state index contributed by atoms with van der Waals surface area (Å²) in [5.74, 6) is 0. The highest BCUT2D eigenvalue weighted by Gasteiger charge is 2.21. The number of hydrogen-bond acceptors (Lipinski definition) is 2. The first-order valence-corrected chi connectivity index (χ1v) is 17.9. The van der Waals surface area contributed by atoms with Crippen molar-refractivity contribution in [3.63, 3.8) is 0 Å². The van der Waals surface area contributed by atoms with Gasteiger partial charge in [0, 0.05) is 31.2 Å². The maximum atomic E-state index is 2.48. The molecule has 0 saturated heterocycles. The quantitative estimate of drug-likeness (QED) is 0.167. The van der Waals surface area contributed by atoms with Gasteiger partial charge in [0.15, 0.2) is 0 Å². The predicted octanol–water partition coefficient (Wildman–Crippen LogP) is 14.3. The van der Waals surface area contributed by atoms with Crippen LogP contribution in [0.2, 0.25) is 0 Å². The number of fused-ring (bicyclic) bond motifs is 7. The van der Waals surface area contributed by atoms with Crippen molar-refractivity contribution in [3.05, 3.63) is 188 Å². The van der Waals surface area contributed by atoms with E-state index in [1.165, 1.54) is 86.1 Å². The zero-order valence-electron chi connectivity index (χ0n) is 27.3. The minimum absolute atomic E-state index is 1.12. The van der Waals surface area contributed by atoms with Gasteiger partial charge in [0.1, 0.15) is 0 Å². The average molecular weight is 654 g/mol. The minimum Gasteiger partial charge on any atom is -0.309 e. The van der Waals surface area contributed by atoms with E-state index >= 15 is 0 Å². The Bertz CT molecular complexity index is 2870. The van der Waals surface area contributed by atoms with Gasteiger partial charge in [0.2, 0.25) is 0 Å². The van der Waals surface area contributed by atoms with Crippen molar-refractivity contribution in [2.24, 2.45) is 0 Å². The second-order valence-electron chi connectivity index (χ2n) is 12.9. The molecule has 1 nitrogen and oxygen atoms in total. The highest BCUT2D eigenvalue weighted by molar-refractivity contribution is 7.26. The van der Waals surface area contributed by atoms with E-state index in [4.69, 9.17) is 0 Å². The third kappa shape index (κ3) is 4.61. The van der Waals surface area contributed by atoms with Crippen LogP contribution in [0.4, 0.5) is 17.1 Å². The molecular formula is C48H31NS. The summed E-state index contributed by atoms with van der Waals surface area (Å²) in [5.41, 5.74) is 8.39. The second kappa shape index (κ2) is 11.7. The second-order valence-corrected chi connectivity index (χ2v) is 13.9.